The summed E-state index contributed by atoms with van der Waals surface area (Å²) >= 11 is 0. The normalized spacial score (nSPS) is 15.7. The molecule has 0 atom stereocenters. The number of hydrogen-bond donors (Lipinski definition) is 0. The Hall–Kier alpha value is -2.38. The van der Waals surface area contributed by atoms with Crippen LogP contribution in [0.1, 0.15) is 10.4 Å². The summed E-state index contributed by atoms with van der Waals surface area (Å²) in [6, 6.07) is 13.5. The van der Waals surface area contributed by atoms with E-state index in [0.717, 1.165) is 38.2 Å². The van der Waals surface area contributed by atoms with Crippen molar-refractivity contribution in [2.45, 2.75) is 4.90 Å². The van der Waals surface area contributed by atoms with Crippen molar-refractivity contribution in [3.63, 3.8) is 0 Å². The van der Waals surface area contributed by atoms with E-state index in [2.05, 4.69) is 16.8 Å². The van der Waals surface area contributed by atoms with Gasteiger partial charge in [-0.25, -0.2) is 8.42 Å². The molecule has 1 aliphatic heterocycles. The van der Waals surface area contributed by atoms with Gasteiger partial charge in [-0.05, 0) is 55.6 Å². The number of benzene rings is 2. The number of carbonyl (C=O) groups is 1. The number of anilines is 2. The van der Waals surface area contributed by atoms with Crippen LogP contribution in [0, 0.1) is 0 Å². The van der Waals surface area contributed by atoms with Gasteiger partial charge in [0.15, 0.2) is 0 Å². The summed E-state index contributed by atoms with van der Waals surface area (Å²) in [6.45, 7) is 3.87. The fourth-order valence-electron chi connectivity index (χ4n) is 2.95. The van der Waals surface area contributed by atoms with Crippen molar-refractivity contribution in [3.05, 3.63) is 54.1 Å². The standard InChI is InChI=1S/C19H23N3O3S/c1-20-11-13-22(14-12-20)18-7-9-19(10-8-18)26(24,25)21(2)17-5-3-16(15-23)4-6-17/h3-10,15H,11-14H2,1-2H3. The van der Waals surface area contributed by atoms with Gasteiger partial charge in [0.1, 0.15) is 6.29 Å². The van der Waals surface area contributed by atoms with Crippen LogP contribution in [-0.4, -0.2) is 59.9 Å². The third-order valence-electron chi connectivity index (χ3n) is 4.76. The molecule has 3 rings (SSSR count). The van der Waals surface area contributed by atoms with Crippen LogP contribution in [-0.2, 0) is 10.0 Å². The third-order valence-corrected chi connectivity index (χ3v) is 6.56. The van der Waals surface area contributed by atoms with Crippen molar-refractivity contribution in [2.75, 3.05) is 49.5 Å². The minimum Gasteiger partial charge on any atom is -0.369 e. The molecule has 0 bridgehead atoms. The molecule has 1 aliphatic rings. The lowest BCUT2D eigenvalue weighted by Crippen LogP contribution is -2.44. The molecule has 0 unspecified atom stereocenters. The third kappa shape index (κ3) is 3.73. The van der Waals surface area contributed by atoms with Crippen LogP contribution in [0.3, 0.4) is 0 Å². The molecular formula is C19H23N3O3S. The second-order valence-corrected chi connectivity index (χ2v) is 8.44. The Morgan fingerprint density at radius 1 is 0.923 bits per heavy atom. The number of nitrogens with zero attached hydrogens (tertiary/aromatic N) is 3. The summed E-state index contributed by atoms with van der Waals surface area (Å²) in [6.07, 6.45) is 0.732. The Kier molecular flexibility index (Phi) is 5.29. The Bertz CT molecular complexity index is 856. The molecule has 0 radical (unpaired) electrons. The quantitative estimate of drug-likeness (QED) is 0.751. The smallest absolute Gasteiger partial charge is 0.264 e. The molecule has 0 amide bonds. The summed E-state index contributed by atoms with van der Waals surface area (Å²) in [5, 5.41) is 0. The summed E-state index contributed by atoms with van der Waals surface area (Å²) in [7, 11) is -0.0344. The van der Waals surface area contributed by atoms with Gasteiger partial charge in [-0.1, -0.05) is 0 Å². The van der Waals surface area contributed by atoms with E-state index < -0.39 is 10.0 Å². The first-order valence-corrected chi connectivity index (χ1v) is 9.93. The Balaban J connectivity index is 1.79. The molecular weight excluding hydrogens is 350 g/mol. The van der Waals surface area contributed by atoms with Crippen LogP contribution in [0.25, 0.3) is 0 Å². The van der Waals surface area contributed by atoms with Crippen molar-refractivity contribution in [2.24, 2.45) is 0 Å². The van der Waals surface area contributed by atoms with Crippen molar-refractivity contribution >= 4 is 27.7 Å². The molecule has 2 aromatic rings. The van der Waals surface area contributed by atoms with E-state index in [1.807, 2.05) is 12.1 Å². The van der Waals surface area contributed by atoms with Gasteiger partial charge in [-0.3, -0.25) is 9.10 Å². The molecule has 0 spiro atoms. The van der Waals surface area contributed by atoms with Crippen LogP contribution >= 0.6 is 0 Å². The molecule has 26 heavy (non-hydrogen) atoms. The molecule has 138 valence electrons. The highest BCUT2D eigenvalue weighted by atomic mass is 32.2. The second kappa shape index (κ2) is 7.47. The van der Waals surface area contributed by atoms with Crippen LogP contribution in [0.5, 0.6) is 0 Å². The van der Waals surface area contributed by atoms with E-state index >= 15 is 0 Å². The van der Waals surface area contributed by atoms with Gasteiger partial charge in [0.05, 0.1) is 10.6 Å². The van der Waals surface area contributed by atoms with Crippen LogP contribution in [0.4, 0.5) is 11.4 Å². The number of hydrogen-bond acceptors (Lipinski definition) is 5. The predicted molar refractivity (Wildman–Crippen MR) is 104 cm³/mol. The van der Waals surface area contributed by atoms with E-state index in [9.17, 15) is 13.2 Å². The maximum atomic E-state index is 12.9. The molecule has 2 aromatic carbocycles. The highest BCUT2D eigenvalue weighted by Gasteiger charge is 2.22. The fourth-order valence-corrected chi connectivity index (χ4v) is 4.15. The minimum atomic E-state index is -3.65. The first-order chi connectivity index (χ1) is 12.4. The monoisotopic (exact) mass is 373 g/mol. The first-order valence-electron chi connectivity index (χ1n) is 8.49. The van der Waals surface area contributed by atoms with Gasteiger partial charge in [-0.2, -0.15) is 0 Å². The molecule has 1 saturated heterocycles. The number of carbonyl (C=O) groups excluding carboxylic acids is 1. The van der Waals surface area contributed by atoms with Gasteiger partial charge in [0, 0.05) is 44.5 Å². The van der Waals surface area contributed by atoms with Crippen LogP contribution < -0.4 is 9.21 Å². The molecule has 1 fully saturated rings. The molecule has 0 N–H and O–H groups in total. The lowest BCUT2D eigenvalue weighted by molar-refractivity contribution is 0.112. The summed E-state index contributed by atoms with van der Waals surface area (Å²) in [5.74, 6) is 0. The van der Waals surface area contributed by atoms with Gasteiger partial charge in [0.25, 0.3) is 10.0 Å². The molecule has 0 saturated carbocycles. The SMILES string of the molecule is CN1CCN(c2ccc(S(=O)(=O)N(C)c3ccc(C=O)cc3)cc2)CC1. The number of piperazine rings is 1. The Morgan fingerprint density at radius 2 is 1.50 bits per heavy atom. The zero-order valence-electron chi connectivity index (χ0n) is 15.0. The minimum absolute atomic E-state index is 0.248. The van der Waals surface area contributed by atoms with Gasteiger partial charge < -0.3 is 9.80 Å². The molecule has 0 aromatic heterocycles. The predicted octanol–water partition coefficient (Wildman–Crippen LogP) is 2.08. The highest BCUT2D eigenvalue weighted by Crippen LogP contribution is 2.24. The van der Waals surface area contributed by atoms with Crippen molar-refractivity contribution in [3.8, 4) is 0 Å². The van der Waals surface area contributed by atoms with Crippen LogP contribution in [0.15, 0.2) is 53.4 Å². The lowest BCUT2D eigenvalue weighted by atomic mass is 10.2. The summed E-state index contributed by atoms with van der Waals surface area (Å²) < 4.78 is 26.9. The van der Waals surface area contributed by atoms with E-state index in [0.29, 0.717) is 11.3 Å². The van der Waals surface area contributed by atoms with E-state index in [1.165, 1.54) is 11.4 Å². The Labute approximate surface area is 154 Å². The zero-order valence-corrected chi connectivity index (χ0v) is 15.8. The van der Waals surface area contributed by atoms with Gasteiger partial charge >= 0.3 is 0 Å². The van der Waals surface area contributed by atoms with Crippen molar-refractivity contribution in [1.82, 2.24) is 4.90 Å². The highest BCUT2D eigenvalue weighted by molar-refractivity contribution is 7.92. The van der Waals surface area contributed by atoms with Gasteiger partial charge in [0.2, 0.25) is 0 Å². The topological polar surface area (TPSA) is 60.9 Å². The number of rotatable bonds is 5. The summed E-state index contributed by atoms with van der Waals surface area (Å²) in [5.41, 5.74) is 2.06. The first kappa shape index (κ1) is 18.4. The van der Waals surface area contributed by atoms with Gasteiger partial charge in [-0.15, -0.1) is 0 Å². The average molecular weight is 373 g/mol. The summed E-state index contributed by atoms with van der Waals surface area (Å²) in [4.78, 5) is 15.5. The largest absolute Gasteiger partial charge is 0.369 e. The lowest BCUT2D eigenvalue weighted by Gasteiger charge is -2.34. The molecule has 6 nitrogen and oxygen atoms in total. The van der Waals surface area contributed by atoms with Crippen molar-refractivity contribution in [1.29, 1.82) is 0 Å². The van der Waals surface area contributed by atoms with E-state index in [1.54, 1.807) is 36.4 Å². The van der Waals surface area contributed by atoms with E-state index in [4.69, 9.17) is 0 Å². The second-order valence-electron chi connectivity index (χ2n) is 6.47. The number of likely N-dealkylation sites (N-methyl/N-ethyl adjacent to an activating group) is 1. The average Bonchev–Trinajstić information content (AvgIpc) is 2.68. The van der Waals surface area contributed by atoms with E-state index in [-0.39, 0.29) is 4.90 Å². The fraction of sp³-hybridized carbons (Fsp3) is 0.316. The number of sulfonamides is 1. The maximum Gasteiger partial charge on any atom is 0.264 e. The Morgan fingerprint density at radius 3 is 2.04 bits per heavy atom. The zero-order chi connectivity index (χ0) is 18.7. The molecule has 7 heteroatoms. The number of aldehydes is 1. The maximum absolute atomic E-state index is 12.9. The molecule has 0 aliphatic carbocycles. The van der Waals surface area contributed by atoms with Crippen molar-refractivity contribution < 1.29 is 13.2 Å². The molecule has 1 heterocycles. The van der Waals surface area contributed by atoms with Crippen LogP contribution in [0.2, 0.25) is 0 Å².